The van der Waals surface area contributed by atoms with Gasteiger partial charge in [0.05, 0.1) is 11.4 Å². The van der Waals surface area contributed by atoms with E-state index in [9.17, 15) is 0 Å². The van der Waals surface area contributed by atoms with Crippen LogP contribution in [0.2, 0.25) is 0 Å². The van der Waals surface area contributed by atoms with E-state index in [1.165, 1.54) is 16.7 Å². The summed E-state index contributed by atoms with van der Waals surface area (Å²) in [5.41, 5.74) is 12.2. The van der Waals surface area contributed by atoms with E-state index in [4.69, 9.17) is 0 Å². The molecular weight excluding hydrogens is 368 g/mol. The Morgan fingerprint density at radius 3 is 2.11 bits per heavy atom. The highest BCUT2D eigenvalue weighted by molar-refractivity contribution is 9.11. The van der Waals surface area contributed by atoms with Crippen molar-refractivity contribution in [3.63, 3.8) is 0 Å². The van der Waals surface area contributed by atoms with Crippen LogP contribution in [0.3, 0.4) is 0 Å². The number of nitrogens with one attached hydrogen (secondary N) is 2. The van der Waals surface area contributed by atoms with Gasteiger partial charge < -0.3 is 0 Å². The highest BCUT2D eigenvalue weighted by Gasteiger charge is 2.05. The lowest BCUT2D eigenvalue weighted by molar-refractivity contribution is 1.30. The summed E-state index contributed by atoms with van der Waals surface area (Å²) >= 11 is 7.14. The van der Waals surface area contributed by atoms with Crippen molar-refractivity contribution in [3.05, 3.63) is 56.0 Å². The number of hydrazine groups is 1. The van der Waals surface area contributed by atoms with Gasteiger partial charge in [-0.2, -0.15) is 0 Å². The molecule has 2 nitrogen and oxygen atoms in total. The van der Waals surface area contributed by atoms with E-state index < -0.39 is 0 Å². The van der Waals surface area contributed by atoms with Crippen molar-refractivity contribution in [2.45, 2.75) is 20.8 Å². The lowest BCUT2D eigenvalue weighted by Crippen LogP contribution is -2.11. The molecule has 2 aromatic carbocycles. The molecule has 0 fully saturated rings. The zero-order valence-electron chi connectivity index (χ0n) is 11.1. The summed E-state index contributed by atoms with van der Waals surface area (Å²) < 4.78 is 2.10. The molecule has 100 valence electrons. The zero-order chi connectivity index (χ0) is 14.0. The minimum atomic E-state index is 1.01. The van der Waals surface area contributed by atoms with Gasteiger partial charge in [0, 0.05) is 8.95 Å². The van der Waals surface area contributed by atoms with Crippen LogP contribution in [0.15, 0.2) is 39.3 Å². The first-order chi connectivity index (χ1) is 8.97. The molecule has 0 spiro atoms. The number of benzene rings is 2. The molecular formula is C15H16Br2N2. The fraction of sp³-hybridized carbons (Fsp3) is 0.200. The van der Waals surface area contributed by atoms with Crippen LogP contribution in [0.25, 0.3) is 0 Å². The molecule has 2 N–H and O–H groups in total. The van der Waals surface area contributed by atoms with Crippen LogP contribution in [-0.2, 0) is 0 Å². The fourth-order valence-corrected chi connectivity index (χ4v) is 3.29. The summed E-state index contributed by atoms with van der Waals surface area (Å²) in [5.74, 6) is 0. The Bertz CT molecular complexity index is 586. The smallest absolute Gasteiger partial charge is 0.0711 e. The standard InChI is InChI=1S/C15H16Br2N2/c1-9-4-5-14(12(16)7-9)18-19-15-11(3)6-10(2)8-13(15)17/h4-8,18-19H,1-3H3. The third-order valence-electron chi connectivity index (χ3n) is 2.88. The highest BCUT2D eigenvalue weighted by Crippen LogP contribution is 2.29. The molecule has 0 aromatic heterocycles. The second-order valence-electron chi connectivity index (χ2n) is 4.67. The molecule has 0 aliphatic rings. The molecule has 0 aliphatic heterocycles. The molecule has 0 heterocycles. The molecule has 2 aromatic rings. The van der Waals surface area contributed by atoms with Crippen molar-refractivity contribution in [2.75, 3.05) is 10.9 Å². The maximum atomic E-state index is 3.59. The molecule has 0 amide bonds. The molecule has 0 bridgehead atoms. The third-order valence-corrected chi connectivity index (χ3v) is 4.16. The molecule has 19 heavy (non-hydrogen) atoms. The average Bonchev–Trinajstić information content (AvgIpc) is 2.30. The van der Waals surface area contributed by atoms with Crippen molar-refractivity contribution in [2.24, 2.45) is 0 Å². The van der Waals surface area contributed by atoms with Gasteiger partial charge in [-0.1, -0.05) is 12.1 Å². The molecule has 0 radical (unpaired) electrons. The Balaban J connectivity index is 2.19. The van der Waals surface area contributed by atoms with E-state index in [-0.39, 0.29) is 0 Å². The first-order valence-corrected chi connectivity index (χ1v) is 7.61. The van der Waals surface area contributed by atoms with Crippen LogP contribution >= 0.6 is 31.9 Å². The quantitative estimate of drug-likeness (QED) is 0.676. The van der Waals surface area contributed by atoms with Gasteiger partial charge in [-0.25, -0.2) is 0 Å². The van der Waals surface area contributed by atoms with Crippen molar-refractivity contribution in [1.82, 2.24) is 0 Å². The van der Waals surface area contributed by atoms with Crippen LogP contribution in [0.4, 0.5) is 11.4 Å². The minimum Gasteiger partial charge on any atom is -0.300 e. The topological polar surface area (TPSA) is 24.1 Å². The Labute approximate surface area is 130 Å². The van der Waals surface area contributed by atoms with Crippen molar-refractivity contribution in [1.29, 1.82) is 0 Å². The molecule has 0 atom stereocenters. The number of rotatable bonds is 3. The Kier molecular flexibility index (Phi) is 4.53. The Morgan fingerprint density at radius 2 is 1.47 bits per heavy atom. The van der Waals surface area contributed by atoms with Crippen molar-refractivity contribution < 1.29 is 0 Å². The predicted octanol–water partition coefficient (Wildman–Crippen LogP) is 5.58. The van der Waals surface area contributed by atoms with Gasteiger partial charge in [-0.15, -0.1) is 0 Å². The number of hydrogen-bond donors (Lipinski definition) is 2. The van der Waals surface area contributed by atoms with Crippen LogP contribution < -0.4 is 10.9 Å². The summed E-state index contributed by atoms with van der Waals surface area (Å²) in [6, 6.07) is 10.5. The van der Waals surface area contributed by atoms with E-state index in [0.29, 0.717) is 0 Å². The summed E-state index contributed by atoms with van der Waals surface area (Å²) in [6.07, 6.45) is 0. The second kappa shape index (κ2) is 5.97. The van der Waals surface area contributed by atoms with Gasteiger partial charge in [-0.05, 0) is 87.5 Å². The van der Waals surface area contributed by atoms with Crippen LogP contribution in [0.1, 0.15) is 16.7 Å². The van der Waals surface area contributed by atoms with E-state index in [2.05, 4.69) is 87.7 Å². The first kappa shape index (κ1) is 14.4. The molecule has 0 aliphatic carbocycles. The highest BCUT2D eigenvalue weighted by atomic mass is 79.9. The van der Waals surface area contributed by atoms with Gasteiger partial charge in [0.2, 0.25) is 0 Å². The summed E-state index contributed by atoms with van der Waals surface area (Å²) in [6.45, 7) is 6.25. The Morgan fingerprint density at radius 1 is 0.789 bits per heavy atom. The monoisotopic (exact) mass is 382 g/mol. The number of hydrogen-bond acceptors (Lipinski definition) is 2. The molecule has 4 heteroatoms. The minimum absolute atomic E-state index is 1.01. The third kappa shape index (κ3) is 3.51. The SMILES string of the molecule is Cc1ccc(NNc2c(C)cc(C)cc2Br)c(Br)c1. The van der Waals surface area contributed by atoms with E-state index in [1.54, 1.807) is 0 Å². The first-order valence-electron chi connectivity index (χ1n) is 6.02. The van der Waals surface area contributed by atoms with Gasteiger partial charge >= 0.3 is 0 Å². The lowest BCUT2D eigenvalue weighted by Gasteiger charge is -2.15. The van der Waals surface area contributed by atoms with E-state index in [1.807, 2.05) is 6.07 Å². The van der Waals surface area contributed by atoms with Gasteiger partial charge in [0.1, 0.15) is 0 Å². The number of anilines is 2. The maximum absolute atomic E-state index is 3.59. The zero-order valence-corrected chi connectivity index (χ0v) is 14.3. The summed E-state index contributed by atoms with van der Waals surface area (Å²) in [7, 11) is 0. The van der Waals surface area contributed by atoms with E-state index >= 15 is 0 Å². The number of aryl methyl sites for hydroxylation is 3. The Hall–Kier alpha value is -1.000. The molecule has 0 unspecified atom stereocenters. The summed E-state index contributed by atoms with van der Waals surface area (Å²) in [5, 5.41) is 0. The predicted molar refractivity (Wildman–Crippen MR) is 89.7 cm³/mol. The molecule has 0 saturated carbocycles. The summed E-state index contributed by atoms with van der Waals surface area (Å²) in [4.78, 5) is 0. The van der Waals surface area contributed by atoms with Gasteiger partial charge in [-0.3, -0.25) is 10.9 Å². The normalized spacial score (nSPS) is 10.4. The molecule has 2 rings (SSSR count). The van der Waals surface area contributed by atoms with Crippen LogP contribution in [0, 0.1) is 20.8 Å². The number of halogens is 2. The average molecular weight is 384 g/mol. The largest absolute Gasteiger partial charge is 0.300 e. The van der Waals surface area contributed by atoms with E-state index in [0.717, 1.165) is 20.3 Å². The second-order valence-corrected chi connectivity index (χ2v) is 6.38. The van der Waals surface area contributed by atoms with Crippen molar-refractivity contribution >= 4 is 43.2 Å². The lowest BCUT2D eigenvalue weighted by atomic mass is 10.1. The van der Waals surface area contributed by atoms with Crippen LogP contribution in [-0.4, -0.2) is 0 Å². The van der Waals surface area contributed by atoms with Crippen molar-refractivity contribution in [3.8, 4) is 0 Å². The maximum Gasteiger partial charge on any atom is 0.0711 e. The van der Waals surface area contributed by atoms with Gasteiger partial charge in [0.25, 0.3) is 0 Å². The fourth-order valence-electron chi connectivity index (χ4n) is 1.93. The van der Waals surface area contributed by atoms with Crippen LogP contribution in [0.5, 0.6) is 0 Å². The molecule has 0 saturated heterocycles. The van der Waals surface area contributed by atoms with Gasteiger partial charge in [0.15, 0.2) is 0 Å².